The summed E-state index contributed by atoms with van der Waals surface area (Å²) in [7, 11) is 3.36. The number of amides is 7. The number of likely N-dealkylation sites (tertiary alicyclic amines) is 5. The average Bonchev–Trinajstić information content (AvgIpc) is 4.36. The number of nitrogens with two attached hydrogens (primary N) is 1. The minimum absolute atomic E-state index is 0.0166. The van der Waals surface area contributed by atoms with Gasteiger partial charge in [0, 0.05) is 103 Å². The minimum atomic E-state index is -4.48. The standard InChI is InChI=1S/C33H42F3N5O3.C31H40F3N3O2/c1-20-15-25(17-26(16-20)33(34,35)36)22(3)38(4)32(44)41-14-11-24-18-40(30(42)23-9-12-39(13-10-23)31(37)43)19-28(24)29(41)27-8-6-5-7-21(27)2;1-20-15-24(17-25(16-20)31(32,33)34)22(3)35(4)30(38)37-12-9-23-18-36(26-10-13-39-14-11-26)19-28(23)29(37)27-8-6-5-7-21(27)2/h5-8,15-17,22-24,28-29H,9-14,18-19H2,1-4H3,(H2,37,43);5-8,15-17,22-23,26,28-29H,9-14,18-19H2,1-4H3/t22-,24-,28?,29+;22-,23-,28?,29+/m11/s1. The van der Waals surface area contributed by atoms with Gasteiger partial charge in [0.25, 0.3) is 0 Å². The van der Waals surface area contributed by atoms with Gasteiger partial charge in [0.05, 0.1) is 35.3 Å². The molecule has 6 aliphatic heterocycles. The third-order valence-corrected chi connectivity index (χ3v) is 19.2. The van der Waals surface area contributed by atoms with E-state index < -0.39 is 41.6 Å². The summed E-state index contributed by atoms with van der Waals surface area (Å²) >= 11 is 0. The summed E-state index contributed by atoms with van der Waals surface area (Å²) in [5.74, 6) is 0.982. The van der Waals surface area contributed by atoms with Gasteiger partial charge in [-0.3, -0.25) is 9.69 Å². The van der Waals surface area contributed by atoms with E-state index >= 15 is 0 Å². The van der Waals surface area contributed by atoms with Crippen LogP contribution >= 0.6 is 0 Å². The summed E-state index contributed by atoms with van der Waals surface area (Å²) < 4.78 is 86.9. The molecule has 0 bridgehead atoms. The van der Waals surface area contributed by atoms with E-state index in [1.807, 2.05) is 64.9 Å². The van der Waals surface area contributed by atoms with Crippen molar-refractivity contribution in [2.75, 3.05) is 79.7 Å². The van der Waals surface area contributed by atoms with Gasteiger partial charge in [-0.2, -0.15) is 26.3 Å². The Morgan fingerprint density at radius 2 is 1.01 bits per heavy atom. The number of rotatable bonds is 8. The van der Waals surface area contributed by atoms with Crippen LogP contribution in [0.1, 0.15) is 132 Å². The van der Waals surface area contributed by atoms with Crippen molar-refractivity contribution in [2.24, 2.45) is 35.3 Å². The Kier molecular flexibility index (Phi) is 18.5. The first-order valence-corrected chi connectivity index (χ1v) is 29.5. The summed E-state index contributed by atoms with van der Waals surface area (Å²) in [6.07, 6.45) is -3.99. The lowest BCUT2D eigenvalue weighted by Crippen LogP contribution is -2.51. The molecule has 13 nitrogen and oxygen atoms in total. The van der Waals surface area contributed by atoms with Crippen molar-refractivity contribution in [2.45, 2.75) is 123 Å². The zero-order valence-corrected chi connectivity index (χ0v) is 49.2. The SMILES string of the molecule is Cc1cc([C@@H](C)N(C)C(=O)N2CC[C@@H]3CN(C(=O)C4CCN(C(N)=O)CC4)CC3[C@@H]2c2ccccc2C)cc(C(F)(F)F)c1.Cc1cc([C@@H](C)N(C)C(=O)N2CC[C@@H]3CN(C4CCOCC4)CC3[C@@H]2c2ccccc2C)cc(C(F)(F)F)c1. The maximum atomic E-state index is 14.2. The molecule has 4 aromatic rings. The number of halogens is 6. The van der Waals surface area contributed by atoms with Crippen molar-refractivity contribution >= 4 is 24.0 Å². The van der Waals surface area contributed by atoms with Crippen LogP contribution in [-0.2, 0) is 21.9 Å². The molecular formula is C64H82F6N8O5. The third kappa shape index (κ3) is 13.3. The zero-order chi connectivity index (χ0) is 59.8. The second-order valence-corrected chi connectivity index (χ2v) is 24.5. The quantitative estimate of drug-likeness (QED) is 0.175. The van der Waals surface area contributed by atoms with Crippen molar-refractivity contribution in [3.05, 3.63) is 141 Å². The molecule has 19 heteroatoms. The van der Waals surface area contributed by atoms with E-state index in [-0.39, 0.29) is 47.8 Å². The third-order valence-electron chi connectivity index (χ3n) is 19.2. The van der Waals surface area contributed by atoms with Gasteiger partial charge in [-0.05, 0) is 150 Å². The molecule has 0 aromatic heterocycles. The van der Waals surface area contributed by atoms with Crippen LogP contribution in [0.2, 0.25) is 0 Å². The maximum absolute atomic E-state index is 14.2. The highest BCUT2D eigenvalue weighted by molar-refractivity contribution is 5.80. The van der Waals surface area contributed by atoms with Crippen LogP contribution in [0.15, 0.2) is 84.9 Å². The molecular weight excluding hydrogens is 1070 g/mol. The number of urea groups is 3. The van der Waals surface area contributed by atoms with Crippen molar-refractivity contribution in [3.8, 4) is 0 Å². The molecule has 2 N–H and O–H groups in total. The van der Waals surface area contributed by atoms with Gasteiger partial charge in [-0.25, -0.2) is 14.4 Å². The molecule has 4 aromatic carbocycles. The summed E-state index contributed by atoms with van der Waals surface area (Å²) in [5.41, 5.74) is 10.4. The Labute approximate surface area is 485 Å². The highest BCUT2D eigenvalue weighted by Crippen LogP contribution is 2.48. The van der Waals surface area contributed by atoms with E-state index in [9.17, 15) is 45.5 Å². The Bertz CT molecular complexity index is 2980. The smallest absolute Gasteiger partial charge is 0.381 e. The number of carbonyl (C=O) groups is 4. The van der Waals surface area contributed by atoms with Gasteiger partial charge in [0.1, 0.15) is 0 Å². The fourth-order valence-corrected chi connectivity index (χ4v) is 14.3. The fraction of sp³-hybridized carbons (Fsp3) is 0.562. The number of ether oxygens (including phenoxy) is 1. The summed E-state index contributed by atoms with van der Waals surface area (Å²) in [6, 6.07) is 22.5. The van der Waals surface area contributed by atoms with Crippen LogP contribution in [0.5, 0.6) is 0 Å². The molecule has 7 amide bonds. The summed E-state index contributed by atoms with van der Waals surface area (Å²) in [4.78, 5) is 66.7. The van der Waals surface area contributed by atoms with Crippen molar-refractivity contribution in [1.82, 2.24) is 34.3 Å². The Hall–Kier alpha value is -6.34. The second-order valence-electron chi connectivity index (χ2n) is 24.5. The van der Waals surface area contributed by atoms with Gasteiger partial charge in [0.2, 0.25) is 5.91 Å². The zero-order valence-electron chi connectivity index (χ0n) is 49.2. The first kappa shape index (κ1) is 61.2. The Balaban J connectivity index is 0.000000201. The summed E-state index contributed by atoms with van der Waals surface area (Å²) in [5, 5.41) is 0. The van der Waals surface area contributed by atoms with E-state index in [0.717, 1.165) is 86.9 Å². The molecule has 0 saturated carbocycles. The van der Waals surface area contributed by atoms with Crippen molar-refractivity contribution < 1.29 is 50.3 Å². The molecule has 83 heavy (non-hydrogen) atoms. The lowest BCUT2D eigenvalue weighted by atomic mass is 9.78. The molecule has 8 atom stereocenters. The number of piperidine rings is 3. The predicted octanol–water partition coefficient (Wildman–Crippen LogP) is 12.4. The molecule has 6 heterocycles. The van der Waals surface area contributed by atoms with Crippen molar-refractivity contribution in [1.29, 1.82) is 0 Å². The largest absolute Gasteiger partial charge is 0.416 e. The number of hydrogen-bond donors (Lipinski definition) is 1. The molecule has 6 aliphatic rings. The van der Waals surface area contributed by atoms with Crippen LogP contribution in [0.25, 0.3) is 0 Å². The molecule has 450 valence electrons. The highest BCUT2D eigenvalue weighted by atomic mass is 19.4. The van der Waals surface area contributed by atoms with Crippen molar-refractivity contribution in [3.63, 3.8) is 0 Å². The van der Waals surface area contributed by atoms with E-state index in [1.165, 1.54) is 16.5 Å². The number of nitrogens with zero attached hydrogens (tertiary/aromatic N) is 7. The average molecular weight is 1160 g/mol. The van der Waals surface area contributed by atoms with Crippen LogP contribution in [0, 0.1) is 57.3 Å². The summed E-state index contributed by atoms with van der Waals surface area (Å²) in [6.45, 7) is 17.8. The first-order chi connectivity index (χ1) is 39.3. The lowest BCUT2D eigenvalue weighted by molar-refractivity contribution is -0.138. The second kappa shape index (κ2) is 25.1. The van der Waals surface area contributed by atoms with Gasteiger partial charge < -0.3 is 39.9 Å². The molecule has 0 radical (unpaired) electrons. The predicted molar refractivity (Wildman–Crippen MR) is 306 cm³/mol. The van der Waals surface area contributed by atoms with E-state index in [4.69, 9.17) is 10.5 Å². The number of carbonyl (C=O) groups excluding carboxylic acids is 4. The van der Waals surface area contributed by atoms with Gasteiger partial charge in [-0.1, -0.05) is 71.8 Å². The van der Waals surface area contributed by atoms with Gasteiger partial charge in [-0.15, -0.1) is 0 Å². The van der Waals surface area contributed by atoms with Gasteiger partial charge in [0.15, 0.2) is 0 Å². The Morgan fingerprint density at radius 3 is 1.46 bits per heavy atom. The number of primary amides is 1. The fourth-order valence-electron chi connectivity index (χ4n) is 14.3. The molecule has 6 fully saturated rings. The van der Waals surface area contributed by atoms with E-state index in [2.05, 4.69) is 24.0 Å². The van der Waals surface area contributed by atoms with Crippen LogP contribution in [-0.4, -0.2) is 144 Å². The first-order valence-electron chi connectivity index (χ1n) is 29.5. The molecule has 2 unspecified atom stereocenters. The number of benzene rings is 4. The molecule has 10 rings (SSSR count). The van der Waals surface area contributed by atoms with Gasteiger partial charge >= 0.3 is 30.4 Å². The molecule has 0 spiro atoms. The number of fused-ring (bicyclic) bond motifs is 2. The van der Waals surface area contributed by atoms with Crippen LogP contribution in [0.3, 0.4) is 0 Å². The maximum Gasteiger partial charge on any atom is 0.416 e. The lowest BCUT2D eigenvalue weighted by Gasteiger charge is -2.45. The van der Waals surface area contributed by atoms with E-state index in [0.29, 0.717) is 92.2 Å². The van der Waals surface area contributed by atoms with E-state index in [1.54, 1.807) is 56.8 Å². The Morgan fingerprint density at radius 1 is 0.566 bits per heavy atom. The topological polar surface area (TPSA) is 126 Å². The molecule has 0 aliphatic carbocycles. The number of aryl methyl sites for hydroxylation is 4. The number of hydrogen-bond acceptors (Lipinski definition) is 6. The monoisotopic (exact) mass is 1160 g/mol. The van der Waals surface area contributed by atoms with Crippen LogP contribution in [0.4, 0.5) is 40.7 Å². The normalized spacial score (nSPS) is 24.3. The van der Waals surface area contributed by atoms with Crippen LogP contribution < -0.4 is 5.73 Å². The number of alkyl halides is 6. The highest BCUT2D eigenvalue weighted by Gasteiger charge is 2.51. The molecule has 6 saturated heterocycles. The minimum Gasteiger partial charge on any atom is -0.381 e.